The van der Waals surface area contributed by atoms with Crippen LogP contribution in [-0.4, -0.2) is 30.3 Å². The van der Waals surface area contributed by atoms with Crippen molar-refractivity contribution in [3.8, 4) is 0 Å². The molecule has 6 heteroatoms. The molecule has 5 aliphatic rings. The van der Waals surface area contributed by atoms with Crippen molar-refractivity contribution < 1.29 is 23.6 Å². The average molecular weight is 522 g/mol. The zero-order valence-corrected chi connectivity index (χ0v) is 24.1. The molecule has 6 rings (SSSR count). The molecule has 0 radical (unpaired) electrons. The number of hydrogen-bond donors (Lipinski definition) is 0. The molecule has 0 bridgehead atoms. The second kappa shape index (κ2) is 7.69. The molecule has 206 valence electrons. The summed E-state index contributed by atoms with van der Waals surface area (Å²) in [6.45, 7) is 13.5. The van der Waals surface area contributed by atoms with Gasteiger partial charge in [-0.3, -0.25) is 9.59 Å². The van der Waals surface area contributed by atoms with Gasteiger partial charge in [0.15, 0.2) is 11.5 Å². The maximum atomic E-state index is 14.5. The number of allylic oxidation sites excluding steroid dienone is 2. The van der Waals surface area contributed by atoms with Crippen molar-refractivity contribution in [1.82, 2.24) is 5.16 Å². The lowest BCUT2D eigenvalue weighted by atomic mass is 9.34. The van der Waals surface area contributed by atoms with E-state index >= 15 is 0 Å². The molecule has 0 saturated heterocycles. The molecule has 6 nitrogen and oxygen atoms in total. The molecule has 0 spiro atoms. The summed E-state index contributed by atoms with van der Waals surface area (Å²) in [6, 6.07) is 0. The van der Waals surface area contributed by atoms with Gasteiger partial charge in [0.2, 0.25) is 0 Å². The Balaban J connectivity index is 1.52. The summed E-state index contributed by atoms with van der Waals surface area (Å²) in [7, 11) is 1.50. The van der Waals surface area contributed by atoms with Crippen LogP contribution in [0.15, 0.2) is 22.4 Å². The number of carbonyl (C=O) groups is 3. The minimum atomic E-state index is -0.776. The number of rotatable bonds is 2. The van der Waals surface area contributed by atoms with E-state index in [-0.39, 0.29) is 51.2 Å². The lowest BCUT2D eigenvalue weighted by Crippen LogP contribution is -2.66. The number of aromatic nitrogens is 1. The summed E-state index contributed by atoms with van der Waals surface area (Å²) in [6.07, 6.45) is 11.5. The van der Waals surface area contributed by atoms with Crippen LogP contribution in [0.3, 0.4) is 0 Å². The summed E-state index contributed by atoms with van der Waals surface area (Å²) < 4.78 is 11.1. The molecule has 5 aliphatic carbocycles. The monoisotopic (exact) mass is 521 g/mol. The molecule has 38 heavy (non-hydrogen) atoms. The molecule has 0 amide bonds. The van der Waals surface area contributed by atoms with Crippen molar-refractivity contribution in [3.63, 3.8) is 0 Å². The Hall–Kier alpha value is -2.24. The van der Waals surface area contributed by atoms with Crippen LogP contribution in [-0.2, 0) is 31.0 Å². The van der Waals surface area contributed by atoms with E-state index in [0.29, 0.717) is 5.76 Å². The molecule has 1 aromatic rings. The van der Waals surface area contributed by atoms with Gasteiger partial charge >= 0.3 is 5.97 Å². The molecule has 0 unspecified atom stereocenters. The lowest BCUT2D eigenvalue weighted by Gasteiger charge is -2.69. The summed E-state index contributed by atoms with van der Waals surface area (Å²) >= 11 is 0. The highest BCUT2D eigenvalue weighted by molar-refractivity contribution is 5.96. The summed E-state index contributed by atoms with van der Waals surface area (Å²) in [5.74, 6) is 0.526. The zero-order valence-electron chi connectivity index (χ0n) is 24.1. The average Bonchev–Trinajstić information content (AvgIpc) is 3.33. The molecule has 1 aromatic heterocycles. The van der Waals surface area contributed by atoms with Crippen LogP contribution in [0, 0.1) is 44.8 Å². The third-order valence-corrected chi connectivity index (χ3v) is 12.9. The van der Waals surface area contributed by atoms with Crippen molar-refractivity contribution in [2.75, 3.05) is 7.11 Å². The van der Waals surface area contributed by atoms with Crippen LogP contribution in [0.1, 0.15) is 97.8 Å². The van der Waals surface area contributed by atoms with Crippen LogP contribution in [0.25, 0.3) is 0 Å². The van der Waals surface area contributed by atoms with Gasteiger partial charge in [-0.15, -0.1) is 0 Å². The largest absolute Gasteiger partial charge is 0.469 e. The molecule has 0 aromatic carbocycles. The normalized spacial score (nSPS) is 46.9. The van der Waals surface area contributed by atoms with Gasteiger partial charge in [0, 0.05) is 11.5 Å². The highest BCUT2D eigenvalue weighted by Gasteiger charge is 2.71. The van der Waals surface area contributed by atoms with E-state index in [1.807, 2.05) is 13.0 Å². The number of esters is 1. The van der Waals surface area contributed by atoms with Crippen molar-refractivity contribution in [2.45, 2.75) is 98.3 Å². The Morgan fingerprint density at radius 1 is 1.08 bits per heavy atom. The Morgan fingerprint density at radius 2 is 1.79 bits per heavy atom. The van der Waals surface area contributed by atoms with E-state index < -0.39 is 10.8 Å². The number of methoxy groups -OCH3 is 1. The van der Waals surface area contributed by atoms with Gasteiger partial charge in [0.05, 0.1) is 24.1 Å². The zero-order chi connectivity index (χ0) is 27.5. The first-order chi connectivity index (χ1) is 17.7. The number of nitrogens with zero attached hydrogens (tertiary/aromatic N) is 1. The standard InChI is InChI=1S/C32H43NO5/c1-27(2)10-12-32(26(36)37-7)13-11-31(6)24(20(32)16-27)21(35)14-23-28(3)15-19-17-33-38-25(19)29(4,18-34)22(28)8-9-30(23,31)5/h14,17-18,20,22,24H,8-13,15-16H2,1-7H3/t20-,22+,24-,28-,29+,30+,31+,32-/m0/s1. The molecule has 8 atom stereocenters. The van der Waals surface area contributed by atoms with Crippen LogP contribution in [0.4, 0.5) is 0 Å². The Morgan fingerprint density at radius 3 is 2.47 bits per heavy atom. The number of ether oxygens (including phenoxy) is 1. The fourth-order valence-corrected chi connectivity index (χ4v) is 10.7. The van der Waals surface area contributed by atoms with Gasteiger partial charge in [-0.05, 0) is 97.9 Å². The summed E-state index contributed by atoms with van der Waals surface area (Å²) in [5.41, 5.74) is 0.0650. The van der Waals surface area contributed by atoms with Gasteiger partial charge < -0.3 is 14.1 Å². The molecular formula is C32H43NO5. The van der Waals surface area contributed by atoms with Gasteiger partial charge in [0.1, 0.15) is 6.29 Å². The highest BCUT2D eigenvalue weighted by Crippen LogP contribution is 2.74. The first-order valence-electron chi connectivity index (χ1n) is 14.5. The quantitative estimate of drug-likeness (QED) is 0.349. The van der Waals surface area contributed by atoms with Gasteiger partial charge in [-0.1, -0.05) is 45.3 Å². The fraction of sp³-hybridized carbons (Fsp3) is 0.750. The predicted molar refractivity (Wildman–Crippen MR) is 142 cm³/mol. The van der Waals surface area contributed by atoms with Gasteiger partial charge in [-0.2, -0.15) is 0 Å². The second-order valence-corrected chi connectivity index (χ2v) is 15.1. The maximum Gasteiger partial charge on any atom is 0.312 e. The van der Waals surface area contributed by atoms with Gasteiger partial charge in [-0.25, -0.2) is 0 Å². The van der Waals surface area contributed by atoms with E-state index in [1.165, 1.54) is 12.7 Å². The Kier molecular flexibility index (Phi) is 5.27. The summed E-state index contributed by atoms with van der Waals surface area (Å²) in [5, 5.41) is 4.08. The minimum absolute atomic E-state index is 0.0265. The van der Waals surface area contributed by atoms with Crippen LogP contribution in [0.5, 0.6) is 0 Å². The Labute approximate surface area is 226 Å². The molecule has 3 fully saturated rings. The van der Waals surface area contributed by atoms with E-state index in [1.54, 1.807) is 6.20 Å². The van der Waals surface area contributed by atoms with Crippen molar-refractivity contribution in [2.24, 2.45) is 44.8 Å². The molecule has 0 N–H and O–H groups in total. The van der Waals surface area contributed by atoms with E-state index in [2.05, 4.69) is 39.8 Å². The highest BCUT2D eigenvalue weighted by atomic mass is 16.5. The first-order valence-corrected chi connectivity index (χ1v) is 14.5. The maximum absolute atomic E-state index is 14.5. The van der Waals surface area contributed by atoms with E-state index in [9.17, 15) is 14.4 Å². The first kappa shape index (κ1) is 26.0. The van der Waals surface area contributed by atoms with Crippen LogP contribution < -0.4 is 0 Å². The van der Waals surface area contributed by atoms with Gasteiger partial charge in [0.25, 0.3) is 0 Å². The number of aldehydes is 1. The summed E-state index contributed by atoms with van der Waals surface area (Å²) in [4.78, 5) is 40.5. The fourth-order valence-electron chi connectivity index (χ4n) is 10.7. The Bertz CT molecular complexity index is 1260. The minimum Gasteiger partial charge on any atom is -0.469 e. The smallest absolute Gasteiger partial charge is 0.312 e. The van der Waals surface area contributed by atoms with Crippen LogP contribution >= 0.6 is 0 Å². The SMILES string of the molecule is COC(=O)[C@]12CCC(C)(C)C[C@H]1[C@H]1C(=O)C=C3[C@@]4(C)Cc5cnoc5[C@](C)(C=O)[C@@H]4CC[C@@]3(C)[C@]1(C)CC2. The number of hydrogen-bond acceptors (Lipinski definition) is 6. The number of ketones is 1. The lowest BCUT2D eigenvalue weighted by molar-refractivity contribution is -0.191. The second-order valence-electron chi connectivity index (χ2n) is 15.1. The van der Waals surface area contributed by atoms with E-state index in [0.717, 1.165) is 63.2 Å². The number of carbonyl (C=O) groups excluding carboxylic acids is 3. The topological polar surface area (TPSA) is 86.5 Å². The molecule has 3 saturated carbocycles. The van der Waals surface area contributed by atoms with Crippen LogP contribution in [0.2, 0.25) is 0 Å². The third-order valence-electron chi connectivity index (χ3n) is 12.9. The molecule has 0 aliphatic heterocycles. The third kappa shape index (κ3) is 2.90. The van der Waals surface area contributed by atoms with Crippen molar-refractivity contribution in [1.29, 1.82) is 0 Å². The van der Waals surface area contributed by atoms with Crippen molar-refractivity contribution in [3.05, 3.63) is 29.2 Å². The number of fused-ring (bicyclic) bond motifs is 8. The van der Waals surface area contributed by atoms with E-state index in [4.69, 9.17) is 9.26 Å². The predicted octanol–water partition coefficient (Wildman–Crippen LogP) is 6.02. The molecular weight excluding hydrogens is 478 g/mol. The molecule has 1 heterocycles. The van der Waals surface area contributed by atoms with Crippen molar-refractivity contribution >= 4 is 18.0 Å².